The van der Waals surface area contributed by atoms with Crippen molar-refractivity contribution in [3.05, 3.63) is 65.2 Å². The molecule has 3 nitrogen and oxygen atoms in total. The van der Waals surface area contributed by atoms with Gasteiger partial charge in [-0.1, -0.05) is 18.2 Å². The van der Waals surface area contributed by atoms with Crippen LogP contribution in [-0.2, 0) is 6.18 Å². The quantitative estimate of drug-likeness (QED) is 0.866. The van der Waals surface area contributed by atoms with Crippen molar-refractivity contribution in [3.8, 4) is 0 Å². The van der Waals surface area contributed by atoms with Crippen LogP contribution >= 0.6 is 12.4 Å². The second-order valence-corrected chi connectivity index (χ2v) is 5.66. The summed E-state index contributed by atoms with van der Waals surface area (Å²) in [7, 11) is 0. The summed E-state index contributed by atoms with van der Waals surface area (Å²) in [4.78, 5) is 12.1. The highest BCUT2D eigenvalue weighted by molar-refractivity contribution is 6.04. The first kappa shape index (κ1) is 18.3. The third-order valence-electron chi connectivity index (χ3n) is 3.89. The summed E-state index contributed by atoms with van der Waals surface area (Å²) >= 11 is 0. The highest BCUT2D eigenvalue weighted by Crippen LogP contribution is 2.38. The number of carbonyl (C=O) groups is 1. The fraction of sp³-hybridized carbons (Fsp3) is 0.235. The number of rotatable bonds is 3. The van der Waals surface area contributed by atoms with Crippen molar-refractivity contribution in [1.29, 1.82) is 0 Å². The number of benzene rings is 2. The lowest BCUT2D eigenvalue weighted by molar-refractivity contribution is -0.137. The molecule has 0 heterocycles. The number of carbonyl (C=O) groups excluding carboxylic acids is 1. The molecule has 0 radical (unpaired) electrons. The van der Waals surface area contributed by atoms with Crippen molar-refractivity contribution in [2.45, 2.75) is 24.6 Å². The van der Waals surface area contributed by atoms with Gasteiger partial charge in [0.25, 0.3) is 5.91 Å². The van der Waals surface area contributed by atoms with Crippen LogP contribution in [-0.4, -0.2) is 11.9 Å². The van der Waals surface area contributed by atoms with Gasteiger partial charge in [0.2, 0.25) is 0 Å². The maximum absolute atomic E-state index is 12.7. The van der Waals surface area contributed by atoms with Gasteiger partial charge in [-0.3, -0.25) is 4.79 Å². The van der Waals surface area contributed by atoms with Crippen molar-refractivity contribution >= 4 is 24.0 Å². The number of nitrogens with one attached hydrogen (secondary N) is 1. The highest BCUT2D eigenvalue weighted by Gasteiger charge is 2.34. The molecule has 3 rings (SSSR count). The van der Waals surface area contributed by atoms with Crippen molar-refractivity contribution in [3.63, 3.8) is 0 Å². The van der Waals surface area contributed by atoms with Gasteiger partial charge in [-0.05, 0) is 42.3 Å². The Morgan fingerprint density at radius 2 is 1.75 bits per heavy atom. The Hall–Kier alpha value is -2.05. The summed E-state index contributed by atoms with van der Waals surface area (Å²) in [6.07, 6.45) is -3.50. The van der Waals surface area contributed by atoms with E-state index in [2.05, 4.69) is 5.32 Å². The topological polar surface area (TPSA) is 55.1 Å². The van der Waals surface area contributed by atoms with Gasteiger partial charge in [0, 0.05) is 23.2 Å². The molecule has 128 valence electrons. The minimum absolute atomic E-state index is 0. The number of nitrogens with two attached hydrogens (primary N) is 1. The summed E-state index contributed by atoms with van der Waals surface area (Å²) < 4.78 is 38.0. The summed E-state index contributed by atoms with van der Waals surface area (Å²) in [6, 6.07) is 11.7. The average Bonchev–Trinajstić information content (AvgIpc) is 3.24. The van der Waals surface area contributed by atoms with Crippen LogP contribution in [0.3, 0.4) is 0 Å². The molecular formula is C17H16ClF3N2O. The van der Waals surface area contributed by atoms with Crippen LogP contribution in [0.2, 0.25) is 0 Å². The first-order valence-electron chi connectivity index (χ1n) is 7.19. The molecule has 0 aliphatic heterocycles. The van der Waals surface area contributed by atoms with Gasteiger partial charge in [-0.2, -0.15) is 13.2 Å². The number of hydrogen-bond acceptors (Lipinski definition) is 2. The molecule has 2 unspecified atom stereocenters. The summed E-state index contributed by atoms with van der Waals surface area (Å²) in [5, 5.41) is 2.48. The van der Waals surface area contributed by atoms with E-state index in [0.717, 1.165) is 24.1 Å². The van der Waals surface area contributed by atoms with Crippen LogP contribution in [0.5, 0.6) is 0 Å². The third-order valence-corrected chi connectivity index (χ3v) is 3.89. The molecule has 2 atom stereocenters. The summed E-state index contributed by atoms with van der Waals surface area (Å²) in [6.45, 7) is 0. The van der Waals surface area contributed by atoms with Gasteiger partial charge in [-0.15, -0.1) is 12.4 Å². The minimum Gasteiger partial charge on any atom is -0.327 e. The van der Waals surface area contributed by atoms with Crippen molar-refractivity contribution in [2.75, 3.05) is 5.32 Å². The molecule has 1 saturated carbocycles. The number of halogens is 4. The lowest BCUT2D eigenvalue weighted by Crippen LogP contribution is -2.13. The molecule has 24 heavy (non-hydrogen) atoms. The van der Waals surface area contributed by atoms with E-state index in [9.17, 15) is 18.0 Å². The molecule has 2 aromatic carbocycles. The van der Waals surface area contributed by atoms with E-state index in [1.54, 1.807) is 12.1 Å². The van der Waals surface area contributed by atoms with Crippen LogP contribution in [0.15, 0.2) is 48.5 Å². The molecule has 0 bridgehead atoms. The predicted octanol–water partition coefficient (Wildman–Crippen LogP) is 4.19. The largest absolute Gasteiger partial charge is 0.416 e. The van der Waals surface area contributed by atoms with Gasteiger partial charge in [-0.25, -0.2) is 0 Å². The highest BCUT2D eigenvalue weighted by atomic mass is 35.5. The fourth-order valence-corrected chi connectivity index (χ4v) is 2.46. The normalized spacial score (nSPS) is 19.3. The third kappa shape index (κ3) is 4.07. The molecule has 0 spiro atoms. The molecule has 0 saturated heterocycles. The Morgan fingerprint density at radius 3 is 2.29 bits per heavy atom. The van der Waals surface area contributed by atoms with E-state index in [1.807, 2.05) is 12.1 Å². The van der Waals surface area contributed by atoms with E-state index in [4.69, 9.17) is 5.73 Å². The van der Waals surface area contributed by atoms with Crippen molar-refractivity contribution in [2.24, 2.45) is 5.73 Å². The lowest BCUT2D eigenvalue weighted by Gasteiger charge is -2.10. The van der Waals surface area contributed by atoms with Gasteiger partial charge in [0.1, 0.15) is 0 Å². The standard InChI is InChI=1S/C17H15F3N2O.ClH/c18-17(19,20)12-2-1-3-13(8-12)22-16(23)11-6-4-10(5-7-11)14-9-15(14)21;/h1-8,14-15H,9,21H2,(H,22,23);1H. The Morgan fingerprint density at radius 1 is 1.12 bits per heavy atom. The predicted molar refractivity (Wildman–Crippen MR) is 88.4 cm³/mol. The Kier molecular flexibility index (Phi) is 5.20. The Balaban J connectivity index is 0.00000208. The zero-order chi connectivity index (χ0) is 16.6. The van der Waals surface area contributed by atoms with E-state index in [0.29, 0.717) is 11.5 Å². The maximum atomic E-state index is 12.7. The second-order valence-electron chi connectivity index (χ2n) is 5.66. The molecule has 1 amide bonds. The van der Waals surface area contributed by atoms with Crippen LogP contribution < -0.4 is 11.1 Å². The van der Waals surface area contributed by atoms with Crippen molar-refractivity contribution < 1.29 is 18.0 Å². The zero-order valence-electron chi connectivity index (χ0n) is 12.5. The minimum atomic E-state index is -4.44. The molecule has 3 N–H and O–H groups in total. The zero-order valence-corrected chi connectivity index (χ0v) is 13.3. The lowest BCUT2D eigenvalue weighted by atomic mass is 10.1. The number of hydrogen-bond donors (Lipinski definition) is 2. The SMILES string of the molecule is Cl.NC1CC1c1ccc(C(=O)Nc2cccc(C(F)(F)F)c2)cc1. The van der Waals surface area contributed by atoms with Gasteiger partial charge in [0.05, 0.1) is 5.56 Å². The second kappa shape index (κ2) is 6.83. The molecule has 7 heteroatoms. The number of amides is 1. The monoisotopic (exact) mass is 356 g/mol. The smallest absolute Gasteiger partial charge is 0.327 e. The maximum Gasteiger partial charge on any atom is 0.416 e. The van der Waals surface area contributed by atoms with Crippen LogP contribution in [0.25, 0.3) is 0 Å². The molecule has 0 aromatic heterocycles. The Bertz CT molecular complexity index is 731. The first-order chi connectivity index (χ1) is 10.8. The number of alkyl halides is 3. The summed E-state index contributed by atoms with van der Waals surface area (Å²) in [5.41, 5.74) is 6.55. The van der Waals surface area contributed by atoms with Crippen LogP contribution in [0.4, 0.5) is 18.9 Å². The van der Waals surface area contributed by atoms with Gasteiger partial charge in [0.15, 0.2) is 0 Å². The van der Waals surface area contributed by atoms with E-state index in [1.165, 1.54) is 12.1 Å². The van der Waals surface area contributed by atoms with Gasteiger partial charge < -0.3 is 11.1 Å². The van der Waals surface area contributed by atoms with E-state index >= 15 is 0 Å². The molecular weight excluding hydrogens is 341 g/mol. The number of anilines is 1. The van der Waals surface area contributed by atoms with Crippen LogP contribution in [0.1, 0.15) is 33.8 Å². The average molecular weight is 357 g/mol. The first-order valence-corrected chi connectivity index (χ1v) is 7.19. The summed E-state index contributed by atoms with van der Waals surface area (Å²) in [5.74, 6) is -0.105. The van der Waals surface area contributed by atoms with Gasteiger partial charge >= 0.3 is 6.18 Å². The molecule has 1 aliphatic carbocycles. The van der Waals surface area contributed by atoms with E-state index < -0.39 is 17.6 Å². The molecule has 1 fully saturated rings. The van der Waals surface area contributed by atoms with E-state index in [-0.39, 0.29) is 24.1 Å². The van der Waals surface area contributed by atoms with Crippen LogP contribution in [0, 0.1) is 0 Å². The Labute approximate surface area is 143 Å². The van der Waals surface area contributed by atoms with Crippen molar-refractivity contribution in [1.82, 2.24) is 0 Å². The molecule has 1 aliphatic rings. The fourth-order valence-electron chi connectivity index (χ4n) is 2.46. The molecule has 2 aromatic rings.